The molecule has 0 aromatic heterocycles. The van der Waals surface area contributed by atoms with Crippen LogP contribution in [0.2, 0.25) is 0 Å². The minimum Gasteiger partial charge on any atom is -0.468 e. The summed E-state index contributed by atoms with van der Waals surface area (Å²) in [4.78, 5) is 16.3. The third-order valence-corrected chi connectivity index (χ3v) is 3.98. The fourth-order valence-electron chi connectivity index (χ4n) is 2.80. The first-order valence-electron chi connectivity index (χ1n) is 7.48. The molecule has 5 heteroatoms. The van der Waals surface area contributed by atoms with Crippen LogP contribution in [0.4, 0.5) is 10.1 Å². The Morgan fingerprint density at radius 2 is 1.86 bits per heavy atom. The lowest BCUT2D eigenvalue weighted by Gasteiger charge is -2.39. The number of halogens is 1. The molecule has 0 radical (unpaired) electrons. The van der Waals surface area contributed by atoms with Gasteiger partial charge in [0, 0.05) is 31.9 Å². The van der Waals surface area contributed by atoms with Gasteiger partial charge in [-0.1, -0.05) is 13.3 Å². The van der Waals surface area contributed by atoms with E-state index in [2.05, 4.69) is 16.7 Å². The molecule has 0 amide bonds. The first-order valence-corrected chi connectivity index (χ1v) is 7.48. The van der Waals surface area contributed by atoms with E-state index < -0.39 is 0 Å². The summed E-state index contributed by atoms with van der Waals surface area (Å²) in [6.07, 6.45) is 1.78. The van der Waals surface area contributed by atoms with Crippen molar-refractivity contribution in [2.75, 3.05) is 38.2 Å². The molecule has 1 aliphatic rings. The molecule has 0 bridgehead atoms. The van der Waals surface area contributed by atoms with Crippen molar-refractivity contribution in [2.45, 2.75) is 25.8 Å². The van der Waals surface area contributed by atoms with Gasteiger partial charge in [0.15, 0.2) is 0 Å². The second-order valence-electron chi connectivity index (χ2n) is 5.33. The molecule has 1 aromatic rings. The molecule has 0 unspecified atom stereocenters. The Labute approximate surface area is 125 Å². The van der Waals surface area contributed by atoms with Gasteiger partial charge in [-0.05, 0) is 30.7 Å². The number of esters is 1. The highest BCUT2D eigenvalue weighted by atomic mass is 19.1. The monoisotopic (exact) mass is 294 g/mol. The van der Waals surface area contributed by atoms with Crippen LogP contribution in [-0.2, 0) is 9.53 Å². The van der Waals surface area contributed by atoms with E-state index in [0.717, 1.165) is 44.7 Å². The third kappa shape index (κ3) is 3.94. The molecular weight excluding hydrogens is 271 g/mol. The highest BCUT2D eigenvalue weighted by Gasteiger charge is 2.29. The standard InChI is InChI=1S/C16H23FN2O2/c1-3-4-15(16(20)21-2)19-11-9-18(10-12-19)14-7-5-13(17)6-8-14/h5-8,15H,3-4,9-12H2,1-2H3/t15-/m0/s1. The number of carbonyl (C=O) groups excluding carboxylic acids is 1. The van der Waals surface area contributed by atoms with Crippen molar-refractivity contribution in [2.24, 2.45) is 0 Å². The number of piperazine rings is 1. The molecule has 1 heterocycles. The number of rotatable bonds is 5. The number of methoxy groups -OCH3 is 1. The fraction of sp³-hybridized carbons (Fsp3) is 0.562. The number of nitrogens with zero attached hydrogens (tertiary/aromatic N) is 2. The Hall–Kier alpha value is -1.62. The number of hydrogen-bond donors (Lipinski definition) is 0. The Bertz CT molecular complexity index is 456. The smallest absolute Gasteiger partial charge is 0.323 e. The van der Waals surface area contributed by atoms with Gasteiger partial charge < -0.3 is 9.64 Å². The Kier molecular flexibility index (Phi) is 5.56. The van der Waals surface area contributed by atoms with E-state index in [-0.39, 0.29) is 17.8 Å². The summed E-state index contributed by atoms with van der Waals surface area (Å²) in [6.45, 7) is 5.38. The maximum absolute atomic E-state index is 13.0. The van der Waals surface area contributed by atoms with E-state index in [1.807, 2.05) is 0 Å². The van der Waals surface area contributed by atoms with Crippen molar-refractivity contribution in [1.29, 1.82) is 0 Å². The zero-order chi connectivity index (χ0) is 15.2. The van der Waals surface area contributed by atoms with Crippen LogP contribution in [0.1, 0.15) is 19.8 Å². The van der Waals surface area contributed by atoms with Crippen LogP contribution < -0.4 is 4.90 Å². The van der Waals surface area contributed by atoms with Crippen molar-refractivity contribution in [3.63, 3.8) is 0 Å². The number of ether oxygens (including phenoxy) is 1. The summed E-state index contributed by atoms with van der Waals surface area (Å²) in [5, 5.41) is 0. The largest absolute Gasteiger partial charge is 0.468 e. The molecule has 21 heavy (non-hydrogen) atoms. The zero-order valence-electron chi connectivity index (χ0n) is 12.7. The van der Waals surface area contributed by atoms with Crippen LogP contribution in [0.25, 0.3) is 0 Å². The molecule has 0 aliphatic carbocycles. The van der Waals surface area contributed by atoms with Crippen LogP contribution in [0, 0.1) is 5.82 Å². The molecule has 1 aliphatic heterocycles. The predicted molar refractivity (Wildman–Crippen MR) is 80.9 cm³/mol. The van der Waals surface area contributed by atoms with E-state index in [1.54, 1.807) is 12.1 Å². The van der Waals surface area contributed by atoms with Crippen molar-refractivity contribution < 1.29 is 13.9 Å². The summed E-state index contributed by atoms with van der Waals surface area (Å²) in [7, 11) is 1.44. The molecular formula is C16H23FN2O2. The van der Waals surface area contributed by atoms with Crippen LogP contribution in [0.15, 0.2) is 24.3 Å². The summed E-state index contributed by atoms with van der Waals surface area (Å²) in [5.74, 6) is -0.363. The normalized spacial score (nSPS) is 17.6. The molecule has 1 aromatic carbocycles. The first-order chi connectivity index (χ1) is 10.2. The second-order valence-corrected chi connectivity index (χ2v) is 5.33. The number of benzene rings is 1. The summed E-state index contributed by atoms with van der Waals surface area (Å²) in [5.41, 5.74) is 1.03. The van der Waals surface area contributed by atoms with E-state index in [1.165, 1.54) is 19.2 Å². The van der Waals surface area contributed by atoms with E-state index in [4.69, 9.17) is 4.74 Å². The lowest BCUT2D eigenvalue weighted by Crippen LogP contribution is -2.53. The number of hydrogen-bond acceptors (Lipinski definition) is 4. The minimum absolute atomic E-state index is 0.143. The van der Waals surface area contributed by atoms with Gasteiger partial charge >= 0.3 is 5.97 Å². The van der Waals surface area contributed by atoms with E-state index >= 15 is 0 Å². The quantitative estimate of drug-likeness (QED) is 0.780. The Balaban J connectivity index is 1.95. The van der Waals surface area contributed by atoms with Crippen LogP contribution in [-0.4, -0.2) is 50.2 Å². The SMILES string of the molecule is CCC[C@@H](C(=O)OC)N1CCN(c2ccc(F)cc2)CC1. The highest BCUT2D eigenvalue weighted by Crippen LogP contribution is 2.19. The second kappa shape index (κ2) is 7.41. The van der Waals surface area contributed by atoms with Gasteiger partial charge in [-0.2, -0.15) is 0 Å². The first kappa shape index (κ1) is 15.8. The average molecular weight is 294 g/mol. The summed E-state index contributed by atoms with van der Waals surface area (Å²) in [6, 6.07) is 6.42. The molecule has 1 saturated heterocycles. The average Bonchev–Trinajstić information content (AvgIpc) is 2.53. The lowest BCUT2D eigenvalue weighted by molar-refractivity contribution is -0.147. The minimum atomic E-state index is -0.217. The molecule has 0 N–H and O–H groups in total. The molecule has 1 fully saturated rings. The van der Waals surface area contributed by atoms with Gasteiger partial charge in [0.05, 0.1) is 7.11 Å². The lowest BCUT2D eigenvalue weighted by atomic mass is 10.1. The van der Waals surface area contributed by atoms with E-state index in [9.17, 15) is 9.18 Å². The zero-order valence-corrected chi connectivity index (χ0v) is 12.7. The Morgan fingerprint density at radius 1 is 1.24 bits per heavy atom. The Morgan fingerprint density at radius 3 is 2.38 bits per heavy atom. The highest BCUT2D eigenvalue weighted by molar-refractivity contribution is 5.75. The van der Waals surface area contributed by atoms with Crippen molar-refractivity contribution >= 4 is 11.7 Å². The fourth-order valence-corrected chi connectivity index (χ4v) is 2.80. The molecule has 0 saturated carbocycles. The van der Waals surface area contributed by atoms with Crippen molar-refractivity contribution in [1.82, 2.24) is 4.90 Å². The van der Waals surface area contributed by atoms with Gasteiger partial charge in [0.1, 0.15) is 11.9 Å². The maximum Gasteiger partial charge on any atom is 0.323 e. The molecule has 2 rings (SSSR count). The maximum atomic E-state index is 13.0. The van der Waals surface area contributed by atoms with Crippen molar-refractivity contribution in [3.8, 4) is 0 Å². The van der Waals surface area contributed by atoms with Gasteiger partial charge in [0.2, 0.25) is 0 Å². The van der Waals surface area contributed by atoms with Gasteiger partial charge in [-0.25, -0.2) is 4.39 Å². The van der Waals surface area contributed by atoms with Crippen LogP contribution in [0.3, 0.4) is 0 Å². The van der Waals surface area contributed by atoms with Crippen molar-refractivity contribution in [3.05, 3.63) is 30.1 Å². The molecule has 4 nitrogen and oxygen atoms in total. The predicted octanol–water partition coefficient (Wildman–Crippen LogP) is 2.29. The number of carbonyl (C=O) groups is 1. The topological polar surface area (TPSA) is 32.8 Å². The van der Waals surface area contributed by atoms with Crippen LogP contribution >= 0.6 is 0 Å². The molecule has 1 atom stereocenters. The van der Waals surface area contributed by atoms with Gasteiger partial charge in [-0.3, -0.25) is 9.69 Å². The number of anilines is 1. The summed E-state index contributed by atoms with van der Waals surface area (Å²) < 4.78 is 17.9. The third-order valence-electron chi connectivity index (χ3n) is 3.98. The van der Waals surface area contributed by atoms with E-state index in [0.29, 0.717) is 0 Å². The molecule has 116 valence electrons. The summed E-state index contributed by atoms with van der Waals surface area (Å²) >= 11 is 0. The van der Waals surface area contributed by atoms with Gasteiger partial charge in [0.25, 0.3) is 0 Å². The van der Waals surface area contributed by atoms with Crippen LogP contribution in [0.5, 0.6) is 0 Å². The van der Waals surface area contributed by atoms with Gasteiger partial charge in [-0.15, -0.1) is 0 Å². The molecule has 0 spiro atoms.